The van der Waals surface area contributed by atoms with Crippen molar-refractivity contribution in [2.75, 3.05) is 19.7 Å². The maximum absolute atomic E-state index is 11.8. The van der Waals surface area contributed by atoms with Crippen LogP contribution in [0.1, 0.15) is 33.6 Å². The lowest BCUT2D eigenvalue weighted by Gasteiger charge is -2.24. The Kier molecular flexibility index (Phi) is 9.19. The molecule has 0 radical (unpaired) electrons. The minimum absolute atomic E-state index is 0.220. The Hall–Kier alpha value is -1.26. The van der Waals surface area contributed by atoms with Gasteiger partial charge in [-0.2, -0.15) is 0 Å². The average molecular weight is 242 g/mol. The number of carbonyl (C=O) groups is 1. The first-order chi connectivity index (χ1) is 8.21. The van der Waals surface area contributed by atoms with Crippen LogP contribution in [0, 0.1) is 5.92 Å². The van der Waals surface area contributed by atoms with Crippen molar-refractivity contribution in [3.05, 3.63) is 10.4 Å². The second-order valence-electron chi connectivity index (χ2n) is 3.71. The fraction of sp³-hybridized carbons (Fsp3) is 0.909. The van der Waals surface area contributed by atoms with Gasteiger partial charge in [-0.05, 0) is 18.4 Å². The lowest BCUT2D eigenvalue weighted by molar-refractivity contribution is -0.147. The molecule has 0 spiro atoms. The summed E-state index contributed by atoms with van der Waals surface area (Å²) in [7, 11) is 0. The number of ether oxygens (including phenoxy) is 1. The van der Waals surface area contributed by atoms with Crippen molar-refractivity contribution in [1.29, 1.82) is 0 Å². The van der Waals surface area contributed by atoms with Crippen LogP contribution in [0.2, 0.25) is 0 Å². The molecule has 0 aliphatic rings. The average Bonchev–Trinajstić information content (AvgIpc) is 2.33. The number of nitrogens with one attached hydrogen (secondary N) is 1. The van der Waals surface area contributed by atoms with Crippen LogP contribution >= 0.6 is 0 Å². The molecule has 0 aliphatic carbocycles. The van der Waals surface area contributed by atoms with Gasteiger partial charge in [-0.3, -0.25) is 4.79 Å². The first-order valence-electron chi connectivity index (χ1n) is 6.12. The van der Waals surface area contributed by atoms with E-state index >= 15 is 0 Å². The largest absolute Gasteiger partial charge is 0.465 e. The third-order valence-corrected chi connectivity index (χ3v) is 2.70. The Morgan fingerprint density at radius 1 is 1.41 bits per heavy atom. The van der Waals surface area contributed by atoms with Crippen molar-refractivity contribution in [2.45, 2.75) is 39.7 Å². The SMILES string of the molecule is CCOC(=O)C(NCCN=[N+]=[N-])C(CC)CC. The number of hydrogen-bond acceptors (Lipinski definition) is 4. The lowest BCUT2D eigenvalue weighted by atomic mass is 9.94. The summed E-state index contributed by atoms with van der Waals surface area (Å²) in [6.45, 7) is 7.11. The van der Waals surface area contributed by atoms with Crippen LogP contribution in [0.4, 0.5) is 0 Å². The Morgan fingerprint density at radius 3 is 2.53 bits per heavy atom. The Morgan fingerprint density at radius 2 is 2.06 bits per heavy atom. The van der Waals surface area contributed by atoms with E-state index in [1.54, 1.807) is 6.92 Å². The molecule has 0 rings (SSSR count). The molecule has 1 unspecified atom stereocenters. The number of azide groups is 1. The molecule has 0 aromatic rings. The molecular formula is C11H22N4O2. The first-order valence-corrected chi connectivity index (χ1v) is 6.12. The summed E-state index contributed by atoms with van der Waals surface area (Å²) in [5, 5.41) is 6.53. The molecule has 0 aromatic heterocycles. The Bertz CT molecular complexity index is 260. The van der Waals surface area contributed by atoms with Crippen LogP contribution in [0.15, 0.2) is 5.11 Å². The molecule has 6 nitrogen and oxygen atoms in total. The second-order valence-corrected chi connectivity index (χ2v) is 3.71. The van der Waals surface area contributed by atoms with Crippen LogP contribution < -0.4 is 5.32 Å². The zero-order valence-electron chi connectivity index (χ0n) is 10.8. The molecule has 17 heavy (non-hydrogen) atoms. The van der Waals surface area contributed by atoms with E-state index in [-0.39, 0.29) is 17.9 Å². The molecule has 0 saturated carbocycles. The highest BCUT2D eigenvalue weighted by molar-refractivity contribution is 5.76. The van der Waals surface area contributed by atoms with Gasteiger partial charge in [-0.15, -0.1) is 0 Å². The molecule has 6 heteroatoms. The van der Waals surface area contributed by atoms with E-state index in [4.69, 9.17) is 10.3 Å². The summed E-state index contributed by atoms with van der Waals surface area (Å²) in [5.74, 6) is 0.0299. The fourth-order valence-electron chi connectivity index (χ4n) is 1.75. The highest BCUT2D eigenvalue weighted by Gasteiger charge is 2.26. The number of carbonyl (C=O) groups excluding carboxylic acids is 1. The molecule has 0 amide bonds. The second kappa shape index (κ2) is 9.93. The Labute approximate surface area is 102 Å². The first kappa shape index (κ1) is 15.7. The Balaban J connectivity index is 4.37. The maximum atomic E-state index is 11.8. The molecule has 0 saturated heterocycles. The molecule has 98 valence electrons. The van der Waals surface area contributed by atoms with Crippen molar-refractivity contribution < 1.29 is 9.53 Å². The smallest absolute Gasteiger partial charge is 0.323 e. The van der Waals surface area contributed by atoms with Crippen molar-refractivity contribution in [2.24, 2.45) is 11.0 Å². The molecule has 0 aliphatic heterocycles. The zero-order chi connectivity index (χ0) is 13.1. The topological polar surface area (TPSA) is 87.1 Å². The minimum Gasteiger partial charge on any atom is -0.465 e. The molecule has 0 heterocycles. The monoisotopic (exact) mass is 242 g/mol. The fourth-order valence-corrected chi connectivity index (χ4v) is 1.75. The van der Waals surface area contributed by atoms with E-state index in [2.05, 4.69) is 29.2 Å². The van der Waals surface area contributed by atoms with Crippen LogP contribution in [0.25, 0.3) is 10.4 Å². The van der Waals surface area contributed by atoms with E-state index in [9.17, 15) is 4.79 Å². The summed E-state index contributed by atoms with van der Waals surface area (Å²) in [5.41, 5.74) is 8.17. The lowest BCUT2D eigenvalue weighted by Crippen LogP contribution is -2.44. The number of hydrogen-bond donors (Lipinski definition) is 1. The summed E-state index contributed by atoms with van der Waals surface area (Å²) in [4.78, 5) is 14.4. The highest BCUT2D eigenvalue weighted by Crippen LogP contribution is 2.14. The molecule has 0 fully saturated rings. The van der Waals surface area contributed by atoms with E-state index in [1.165, 1.54) is 0 Å². The predicted octanol–water partition coefficient (Wildman–Crippen LogP) is 2.25. The van der Waals surface area contributed by atoms with Crippen LogP contribution in [-0.2, 0) is 9.53 Å². The van der Waals surface area contributed by atoms with Crippen LogP contribution in [-0.4, -0.2) is 31.7 Å². The van der Waals surface area contributed by atoms with Gasteiger partial charge in [0.05, 0.1) is 6.61 Å². The third-order valence-electron chi connectivity index (χ3n) is 2.70. The van der Waals surface area contributed by atoms with Gasteiger partial charge in [0.2, 0.25) is 0 Å². The summed E-state index contributed by atoms with van der Waals surface area (Å²) in [6, 6.07) is -0.307. The quantitative estimate of drug-likeness (QED) is 0.221. The number of esters is 1. The van der Waals surface area contributed by atoms with E-state index < -0.39 is 0 Å². The highest BCUT2D eigenvalue weighted by atomic mass is 16.5. The number of rotatable bonds is 9. The van der Waals surface area contributed by atoms with Gasteiger partial charge in [-0.1, -0.05) is 31.8 Å². The van der Waals surface area contributed by atoms with Crippen molar-refractivity contribution >= 4 is 5.97 Å². The summed E-state index contributed by atoms with van der Waals surface area (Å²) < 4.78 is 5.04. The zero-order valence-corrected chi connectivity index (χ0v) is 10.8. The summed E-state index contributed by atoms with van der Waals surface area (Å²) >= 11 is 0. The van der Waals surface area contributed by atoms with Gasteiger partial charge in [0, 0.05) is 18.0 Å². The predicted molar refractivity (Wildman–Crippen MR) is 66.5 cm³/mol. The van der Waals surface area contributed by atoms with Crippen LogP contribution in [0.5, 0.6) is 0 Å². The van der Waals surface area contributed by atoms with E-state index in [1.807, 2.05) is 0 Å². The molecule has 1 N–H and O–H groups in total. The third kappa shape index (κ3) is 6.14. The van der Waals surface area contributed by atoms with Crippen molar-refractivity contribution in [1.82, 2.24) is 5.32 Å². The van der Waals surface area contributed by atoms with Gasteiger partial charge < -0.3 is 10.1 Å². The molecular weight excluding hydrogens is 220 g/mol. The van der Waals surface area contributed by atoms with Gasteiger partial charge in [-0.25, -0.2) is 0 Å². The minimum atomic E-state index is -0.307. The molecule has 0 bridgehead atoms. The van der Waals surface area contributed by atoms with Crippen molar-refractivity contribution in [3.63, 3.8) is 0 Å². The molecule has 0 aromatic carbocycles. The van der Waals surface area contributed by atoms with Gasteiger partial charge in [0.15, 0.2) is 0 Å². The van der Waals surface area contributed by atoms with Gasteiger partial charge in [0.1, 0.15) is 6.04 Å². The van der Waals surface area contributed by atoms with Gasteiger partial charge in [0.25, 0.3) is 0 Å². The molecule has 1 atom stereocenters. The normalized spacial score (nSPS) is 12.0. The standard InChI is InChI=1S/C11H22N4O2/c1-4-9(5-2)10(11(16)17-6-3)13-7-8-14-15-12/h9-10,13H,4-8H2,1-3H3. The maximum Gasteiger partial charge on any atom is 0.323 e. The van der Waals surface area contributed by atoms with Crippen LogP contribution in [0.3, 0.4) is 0 Å². The van der Waals surface area contributed by atoms with E-state index in [0.29, 0.717) is 19.7 Å². The summed E-state index contributed by atoms with van der Waals surface area (Å²) in [6.07, 6.45) is 1.82. The van der Waals surface area contributed by atoms with Crippen molar-refractivity contribution in [3.8, 4) is 0 Å². The van der Waals surface area contributed by atoms with E-state index in [0.717, 1.165) is 12.8 Å². The van der Waals surface area contributed by atoms with Gasteiger partial charge >= 0.3 is 5.97 Å². The number of nitrogens with zero attached hydrogens (tertiary/aromatic N) is 3.